The van der Waals surface area contributed by atoms with E-state index in [0.29, 0.717) is 6.42 Å². The lowest BCUT2D eigenvalue weighted by atomic mass is 10.0. The monoisotopic (exact) mass is 204 g/mol. The Kier molecular flexibility index (Phi) is 2.41. The molecule has 0 aliphatic heterocycles. The van der Waals surface area contributed by atoms with Crippen LogP contribution in [0.2, 0.25) is 0 Å². The van der Waals surface area contributed by atoms with Gasteiger partial charge in [0.15, 0.2) is 0 Å². The Morgan fingerprint density at radius 1 is 1.53 bits per heavy atom. The van der Waals surface area contributed by atoms with Gasteiger partial charge in [-0.25, -0.2) is 4.52 Å². The molecule has 15 heavy (non-hydrogen) atoms. The summed E-state index contributed by atoms with van der Waals surface area (Å²) in [4.78, 5) is 10.7. The summed E-state index contributed by atoms with van der Waals surface area (Å²) >= 11 is 0. The number of hydrogen-bond acceptors (Lipinski definition) is 2. The highest BCUT2D eigenvalue weighted by atomic mass is 16.4. The first-order valence-electron chi connectivity index (χ1n) is 4.82. The van der Waals surface area contributed by atoms with E-state index in [1.165, 1.54) is 0 Å². The number of rotatable bonds is 3. The van der Waals surface area contributed by atoms with Crippen molar-refractivity contribution in [1.82, 2.24) is 9.61 Å². The molecule has 4 nitrogen and oxygen atoms in total. The molecule has 2 aromatic rings. The summed E-state index contributed by atoms with van der Waals surface area (Å²) in [5, 5.41) is 12.9. The van der Waals surface area contributed by atoms with E-state index in [1.54, 1.807) is 17.6 Å². The van der Waals surface area contributed by atoms with Crippen molar-refractivity contribution >= 4 is 11.5 Å². The van der Waals surface area contributed by atoms with Crippen LogP contribution in [0.5, 0.6) is 0 Å². The highest BCUT2D eigenvalue weighted by molar-refractivity contribution is 5.69. The third-order valence-corrected chi connectivity index (χ3v) is 2.42. The molecule has 0 radical (unpaired) electrons. The fourth-order valence-corrected chi connectivity index (χ4v) is 1.52. The van der Waals surface area contributed by atoms with E-state index in [2.05, 4.69) is 5.10 Å². The van der Waals surface area contributed by atoms with Crippen molar-refractivity contribution in [2.45, 2.75) is 13.3 Å². The van der Waals surface area contributed by atoms with Crippen LogP contribution in [0.1, 0.15) is 12.5 Å². The summed E-state index contributed by atoms with van der Waals surface area (Å²) in [6.07, 6.45) is 4.12. The zero-order valence-electron chi connectivity index (χ0n) is 8.42. The minimum Gasteiger partial charge on any atom is -0.481 e. The van der Waals surface area contributed by atoms with Crippen LogP contribution >= 0.6 is 0 Å². The van der Waals surface area contributed by atoms with E-state index in [9.17, 15) is 4.79 Å². The van der Waals surface area contributed by atoms with Gasteiger partial charge >= 0.3 is 5.97 Å². The molecule has 0 bridgehead atoms. The van der Waals surface area contributed by atoms with E-state index in [0.717, 1.165) is 11.1 Å². The van der Waals surface area contributed by atoms with Crippen molar-refractivity contribution in [2.24, 2.45) is 5.92 Å². The predicted octanol–water partition coefficient (Wildman–Crippen LogP) is 1.60. The Morgan fingerprint density at radius 3 is 3.07 bits per heavy atom. The molecule has 2 heterocycles. The lowest BCUT2D eigenvalue weighted by molar-refractivity contribution is -0.141. The van der Waals surface area contributed by atoms with Crippen LogP contribution in [-0.2, 0) is 11.2 Å². The molecular formula is C11H12N2O2. The molecule has 1 N–H and O–H groups in total. The topological polar surface area (TPSA) is 54.6 Å². The molecule has 1 unspecified atom stereocenters. The smallest absolute Gasteiger partial charge is 0.306 e. The summed E-state index contributed by atoms with van der Waals surface area (Å²) in [6.45, 7) is 1.70. The van der Waals surface area contributed by atoms with Gasteiger partial charge in [-0.15, -0.1) is 0 Å². The zero-order chi connectivity index (χ0) is 10.8. The van der Waals surface area contributed by atoms with Gasteiger partial charge in [-0.1, -0.05) is 13.0 Å². The number of aliphatic carboxylic acids is 1. The van der Waals surface area contributed by atoms with Gasteiger partial charge in [0, 0.05) is 12.4 Å². The minimum absolute atomic E-state index is 0.363. The second-order valence-electron chi connectivity index (χ2n) is 3.68. The molecule has 2 rings (SSSR count). The second-order valence-corrected chi connectivity index (χ2v) is 3.68. The molecule has 0 amide bonds. The van der Waals surface area contributed by atoms with Gasteiger partial charge in [-0.05, 0) is 24.1 Å². The first kappa shape index (κ1) is 9.71. The van der Waals surface area contributed by atoms with E-state index in [1.807, 2.05) is 24.4 Å². The van der Waals surface area contributed by atoms with Crippen molar-refractivity contribution in [2.75, 3.05) is 0 Å². The Bertz CT molecular complexity index is 490. The maximum absolute atomic E-state index is 10.7. The number of carboxylic acid groups (broad SMARTS) is 1. The van der Waals surface area contributed by atoms with E-state index >= 15 is 0 Å². The molecule has 0 spiro atoms. The number of fused-ring (bicyclic) bond motifs is 1. The Balaban J connectivity index is 2.24. The number of aromatic nitrogens is 2. The van der Waals surface area contributed by atoms with Gasteiger partial charge in [0.05, 0.1) is 11.4 Å². The largest absolute Gasteiger partial charge is 0.481 e. The fraction of sp³-hybridized carbons (Fsp3) is 0.273. The zero-order valence-corrected chi connectivity index (χ0v) is 8.42. The number of pyridine rings is 1. The van der Waals surface area contributed by atoms with Crippen LogP contribution in [0, 0.1) is 5.92 Å². The molecular weight excluding hydrogens is 192 g/mol. The maximum Gasteiger partial charge on any atom is 0.306 e. The van der Waals surface area contributed by atoms with Crippen molar-refractivity contribution < 1.29 is 9.90 Å². The number of carbonyl (C=O) groups is 1. The van der Waals surface area contributed by atoms with E-state index in [-0.39, 0.29) is 5.92 Å². The lowest BCUT2D eigenvalue weighted by Crippen LogP contribution is -2.12. The molecule has 2 aromatic heterocycles. The van der Waals surface area contributed by atoms with Gasteiger partial charge < -0.3 is 5.11 Å². The fourth-order valence-electron chi connectivity index (χ4n) is 1.52. The summed E-state index contributed by atoms with van der Waals surface area (Å²) in [5.41, 5.74) is 2.00. The van der Waals surface area contributed by atoms with Crippen LogP contribution in [0.3, 0.4) is 0 Å². The van der Waals surface area contributed by atoms with E-state index < -0.39 is 5.97 Å². The number of carboxylic acids is 1. The summed E-state index contributed by atoms with van der Waals surface area (Å²) in [6, 6.07) is 5.79. The van der Waals surface area contributed by atoms with Crippen molar-refractivity contribution in [1.29, 1.82) is 0 Å². The average molecular weight is 204 g/mol. The van der Waals surface area contributed by atoms with Crippen LogP contribution in [0.4, 0.5) is 0 Å². The summed E-state index contributed by atoms with van der Waals surface area (Å²) in [7, 11) is 0. The first-order valence-corrected chi connectivity index (χ1v) is 4.82. The molecule has 0 aliphatic rings. The van der Waals surface area contributed by atoms with Gasteiger partial charge in [0.25, 0.3) is 0 Å². The second kappa shape index (κ2) is 3.73. The predicted molar refractivity (Wildman–Crippen MR) is 55.7 cm³/mol. The molecule has 0 aliphatic carbocycles. The lowest BCUT2D eigenvalue weighted by Gasteiger charge is -2.06. The quantitative estimate of drug-likeness (QED) is 0.826. The SMILES string of the molecule is CC(Cc1ccc2ccnn2c1)C(=O)O. The Hall–Kier alpha value is -1.84. The maximum atomic E-state index is 10.7. The third kappa shape index (κ3) is 1.98. The molecule has 1 atom stereocenters. The van der Waals surface area contributed by atoms with Gasteiger partial charge in [0.1, 0.15) is 0 Å². The highest BCUT2D eigenvalue weighted by Gasteiger charge is 2.11. The van der Waals surface area contributed by atoms with Crippen LogP contribution in [0.25, 0.3) is 5.52 Å². The highest BCUT2D eigenvalue weighted by Crippen LogP contribution is 2.10. The summed E-state index contributed by atoms with van der Waals surface area (Å²) < 4.78 is 1.75. The molecule has 0 saturated carbocycles. The Morgan fingerprint density at radius 2 is 2.33 bits per heavy atom. The number of nitrogens with zero attached hydrogens (tertiary/aromatic N) is 2. The molecule has 0 fully saturated rings. The Labute approximate surface area is 87.2 Å². The summed E-state index contributed by atoms with van der Waals surface area (Å²) in [5.74, 6) is -1.13. The number of hydrogen-bond donors (Lipinski definition) is 1. The molecule has 0 aromatic carbocycles. The van der Waals surface area contributed by atoms with Crippen LogP contribution in [0.15, 0.2) is 30.6 Å². The van der Waals surface area contributed by atoms with Gasteiger partial charge in [-0.3, -0.25) is 4.79 Å². The van der Waals surface area contributed by atoms with Crippen molar-refractivity contribution in [3.63, 3.8) is 0 Å². The third-order valence-electron chi connectivity index (χ3n) is 2.42. The standard InChI is InChI=1S/C11H12N2O2/c1-8(11(14)15)6-9-2-3-10-4-5-12-13(10)7-9/h2-5,7-8H,6H2,1H3,(H,14,15). The van der Waals surface area contributed by atoms with Gasteiger partial charge in [0.2, 0.25) is 0 Å². The first-order chi connectivity index (χ1) is 7.16. The molecule has 0 saturated heterocycles. The minimum atomic E-state index is -0.768. The molecule has 78 valence electrons. The average Bonchev–Trinajstić information content (AvgIpc) is 2.64. The molecule has 4 heteroatoms. The van der Waals surface area contributed by atoms with Crippen LogP contribution in [-0.4, -0.2) is 20.7 Å². The van der Waals surface area contributed by atoms with Gasteiger partial charge in [-0.2, -0.15) is 5.10 Å². The van der Waals surface area contributed by atoms with Crippen LogP contribution < -0.4 is 0 Å². The normalized spacial score (nSPS) is 12.9. The van der Waals surface area contributed by atoms with E-state index in [4.69, 9.17) is 5.11 Å². The van der Waals surface area contributed by atoms with Crippen molar-refractivity contribution in [3.8, 4) is 0 Å². The van der Waals surface area contributed by atoms with Crippen molar-refractivity contribution in [3.05, 3.63) is 36.2 Å².